The van der Waals surface area contributed by atoms with Crippen molar-refractivity contribution in [2.24, 2.45) is 11.8 Å². The van der Waals surface area contributed by atoms with Crippen molar-refractivity contribution in [3.05, 3.63) is 11.6 Å². The van der Waals surface area contributed by atoms with Gasteiger partial charge in [-0.1, -0.05) is 84.6 Å². The standard InChI is InChI=1S/C55H92O24/c1-10-13-19-22-33-23-20-17-15-14-16-18-21-24-36(59)73-47-43(75-50(66)28(5)12-3)38(61)34(25-56)71-54(47)77-44-39(62)35(26-57)72-55(78-45-40(63)37(60)31(8)68-52(45)70-33)48(44)79-53-46(76-51(67)29(6)30(7)58)41(64)42(32(9)69-53)74-49(65)27(4)11-2/h11,28-35,37-48,52-58,60-64H,10,12-26H2,1-9H3/b27-11-/t28-,29-,30+,31+,32-,33-,34+,35+,37+,38+,39?,40-,41+,42-,43-,44-,45+,46+,47+,48+,52-,53-,54-,55-/m0/s1. The number of aliphatic hydroxyl groups is 8. The van der Waals surface area contributed by atoms with E-state index < -0.39 is 184 Å². The van der Waals surface area contributed by atoms with Gasteiger partial charge in [0, 0.05) is 12.0 Å². The summed E-state index contributed by atoms with van der Waals surface area (Å²) in [5.74, 6) is -5.42. The average Bonchev–Trinajstić information content (AvgIpc) is 3.46. The number of hydrogen-bond acceptors (Lipinski definition) is 24. The molecule has 5 aliphatic rings. The summed E-state index contributed by atoms with van der Waals surface area (Å²) in [4.78, 5) is 54.3. The molecule has 1 unspecified atom stereocenters. The van der Waals surface area contributed by atoms with E-state index in [1.165, 1.54) is 33.8 Å². The second-order valence-corrected chi connectivity index (χ2v) is 21.8. The molecule has 5 aliphatic heterocycles. The van der Waals surface area contributed by atoms with E-state index in [4.69, 9.17) is 56.8 Å². The molecule has 5 rings (SSSR count). The van der Waals surface area contributed by atoms with Gasteiger partial charge >= 0.3 is 23.9 Å². The van der Waals surface area contributed by atoms with E-state index in [0.29, 0.717) is 32.1 Å². The number of hydrogen-bond donors (Lipinski definition) is 8. The number of aliphatic hydroxyl groups excluding tert-OH is 8. The Balaban J connectivity index is 1.70. The van der Waals surface area contributed by atoms with Gasteiger partial charge in [0.25, 0.3) is 0 Å². The molecule has 5 saturated heterocycles. The fourth-order valence-corrected chi connectivity index (χ4v) is 9.99. The molecule has 8 N–H and O–H groups in total. The zero-order valence-electron chi connectivity index (χ0n) is 47.4. The Morgan fingerprint density at radius 3 is 1.87 bits per heavy atom. The third kappa shape index (κ3) is 17.8. The van der Waals surface area contributed by atoms with Crippen molar-refractivity contribution in [1.29, 1.82) is 0 Å². The van der Waals surface area contributed by atoms with Crippen molar-refractivity contribution < 1.29 is 117 Å². The van der Waals surface area contributed by atoms with Crippen LogP contribution in [0.15, 0.2) is 11.6 Å². The van der Waals surface area contributed by atoms with Crippen LogP contribution >= 0.6 is 0 Å². The van der Waals surface area contributed by atoms with Gasteiger partial charge < -0.3 is 97.7 Å². The van der Waals surface area contributed by atoms with Crippen LogP contribution in [-0.2, 0) is 76.0 Å². The highest BCUT2D eigenvalue weighted by Crippen LogP contribution is 2.39. The number of rotatable bonds is 16. The Hall–Kier alpha value is -3.02. The van der Waals surface area contributed by atoms with E-state index in [1.807, 2.05) is 0 Å². The van der Waals surface area contributed by atoms with Crippen LogP contribution in [0.1, 0.15) is 152 Å². The maximum atomic E-state index is 13.9. The summed E-state index contributed by atoms with van der Waals surface area (Å²) >= 11 is 0. The van der Waals surface area contributed by atoms with Crippen LogP contribution in [-0.4, -0.2) is 213 Å². The predicted molar refractivity (Wildman–Crippen MR) is 275 cm³/mol. The molecule has 0 aliphatic carbocycles. The molecule has 0 radical (unpaired) electrons. The highest BCUT2D eigenvalue weighted by atomic mass is 16.8. The van der Waals surface area contributed by atoms with E-state index in [2.05, 4.69) is 6.92 Å². The van der Waals surface area contributed by atoms with Crippen molar-refractivity contribution in [2.45, 2.75) is 287 Å². The second-order valence-electron chi connectivity index (χ2n) is 21.8. The third-order valence-electron chi connectivity index (χ3n) is 15.8. The summed E-state index contributed by atoms with van der Waals surface area (Å²) in [5, 5.41) is 91.4. The highest BCUT2D eigenvalue weighted by molar-refractivity contribution is 5.87. The first-order valence-electron chi connectivity index (χ1n) is 28.6. The molecule has 79 heavy (non-hydrogen) atoms. The molecule has 456 valence electrons. The Bertz CT molecular complexity index is 1910. The number of carbonyl (C=O) groups is 4. The number of allylic oxidation sites excluding steroid dienone is 1. The monoisotopic (exact) mass is 1140 g/mol. The molecule has 0 saturated carbocycles. The van der Waals surface area contributed by atoms with Crippen molar-refractivity contribution in [3.8, 4) is 0 Å². The number of unbranched alkanes of at least 4 members (excludes halogenated alkanes) is 2. The van der Waals surface area contributed by atoms with Crippen LogP contribution in [0.4, 0.5) is 0 Å². The van der Waals surface area contributed by atoms with Crippen molar-refractivity contribution >= 4 is 23.9 Å². The van der Waals surface area contributed by atoms with Crippen LogP contribution in [0.5, 0.6) is 0 Å². The van der Waals surface area contributed by atoms with E-state index in [1.54, 1.807) is 27.7 Å². The van der Waals surface area contributed by atoms with Gasteiger partial charge in [0.2, 0.25) is 0 Å². The first-order chi connectivity index (χ1) is 37.6. The Labute approximate surface area is 463 Å². The zero-order chi connectivity index (χ0) is 58.2. The molecule has 0 aromatic carbocycles. The average molecular weight is 1140 g/mol. The minimum Gasteiger partial charge on any atom is -0.455 e. The highest BCUT2D eigenvalue weighted by Gasteiger charge is 2.59. The summed E-state index contributed by atoms with van der Waals surface area (Å²) in [6.45, 7) is 12.3. The van der Waals surface area contributed by atoms with E-state index in [0.717, 1.165) is 51.4 Å². The topological polar surface area (TPSA) is 341 Å². The lowest BCUT2D eigenvalue weighted by Gasteiger charge is -2.51. The van der Waals surface area contributed by atoms with Crippen LogP contribution in [0.2, 0.25) is 0 Å². The number of ether oxygens (including phenoxy) is 12. The lowest BCUT2D eigenvalue weighted by molar-refractivity contribution is -0.409. The fraction of sp³-hybridized carbons (Fsp3) is 0.891. The van der Waals surface area contributed by atoms with Crippen LogP contribution < -0.4 is 0 Å². The molecule has 0 aromatic heterocycles. The number of carbonyl (C=O) groups excluding carboxylic acids is 4. The second kappa shape index (κ2) is 32.1. The summed E-state index contributed by atoms with van der Waals surface area (Å²) in [6.07, 6.45) is -25.4. The minimum absolute atomic E-state index is 0.116. The van der Waals surface area contributed by atoms with Crippen LogP contribution in [0.25, 0.3) is 0 Å². The minimum atomic E-state index is -2.01. The maximum Gasteiger partial charge on any atom is 0.333 e. The molecule has 0 amide bonds. The molecule has 24 atom stereocenters. The molecular weight excluding hydrogens is 1040 g/mol. The molecule has 5 fully saturated rings. The Morgan fingerprint density at radius 1 is 0.633 bits per heavy atom. The van der Waals surface area contributed by atoms with Crippen molar-refractivity contribution in [3.63, 3.8) is 0 Å². The molecule has 24 nitrogen and oxygen atoms in total. The molecule has 24 heteroatoms. The van der Waals surface area contributed by atoms with Gasteiger partial charge in [-0.2, -0.15) is 0 Å². The molecule has 0 spiro atoms. The predicted octanol–water partition coefficient (Wildman–Crippen LogP) is 2.04. The smallest absolute Gasteiger partial charge is 0.333 e. The van der Waals surface area contributed by atoms with E-state index >= 15 is 0 Å². The Kier molecular flexibility index (Phi) is 27.2. The number of fused-ring (bicyclic) bond motifs is 4. The molecule has 2 bridgehead atoms. The van der Waals surface area contributed by atoms with Crippen molar-refractivity contribution in [1.82, 2.24) is 0 Å². The van der Waals surface area contributed by atoms with Gasteiger partial charge in [-0.15, -0.1) is 0 Å². The lowest BCUT2D eigenvalue weighted by Crippen LogP contribution is -2.69. The summed E-state index contributed by atoms with van der Waals surface area (Å²) < 4.78 is 75.0. The maximum absolute atomic E-state index is 13.9. The Morgan fingerprint density at radius 2 is 1.24 bits per heavy atom. The third-order valence-corrected chi connectivity index (χ3v) is 15.8. The SMILES string of the molecule is C/C=C(/C)C(=O)O[C@@H]1[C@@H](O)[C@@H](OC(=O)[C@@H](C)[C@@H](C)O)[C@H](O[C@H]2[C@@H]3O[C@H]4[C@H](O[C@@H](CCCCC)CCCCCCCCCC(=O)O[C@H]5[C@@H](O[C@H](CO)[C@@H](O)[C@@H]5OC(=O)[C@@H](C)CC)O[C@H]2C(O)[C@@H](CO)O3)O[C@H](C)[C@@H](O)[C@@H]4O)O[C@H]1C. The molecule has 5 heterocycles. The fourth-order valence-electron chi connectivity index (χ4n) is 9.99. The molecule has 0 aromatic rings. The van der Waals surface area contributed by atoms with E-state index in [-0.39, 0.29) is 12.0 Å². The zero-order valence-corrected chi connectivity index (χ0v) is 47.4. The number of esters is 4. The van der Waals surface area contributed by atoms with Gasteiger partial charge in [-0.25, -0.2) is 4.79 Å². The van der Waals surface area contributed by atoms with Crippen LogP contribution in [0, 0.1) is 11.8 Å². The van der Waals surface area contributed by atoms with E-state index in [9.17, 15) is 60.0 Å². The van der Waals surface area contributed by atoms with Gasteiger partial charge in [-0.05, 0) is 67.2 Å². The van der Waals surface area contributed by atoms with Crippen molar-refractivity contribution in [2.75, 3.05) is 13.2 Å². The quantitative estimate of drug-likeness (QED) is 0.0474. The van der Waals surface area contributed by atoms with Gasteiger partial charge in [0.15, 0.2) is 49.6 Å². The normalized spacial score (nSPS) is 39.9. The summed E-state index contributed by atoms with van der Waals surface area (Å²) in [5.41, 5.74) is 0.166. The largest absolute Gasteiger partial charge is 0.455 e. The summed E-state index contributed by atoms with van der Waals surface area (Å²) in [6, 6.07) is 0. The lowest BCUT2D eigenvalue weighted by atomic mass is 9.95. The van der Waals surface area contributed by atoms with Gasteiger partial charge in [-0.3, -0.25) is 14.4 Å². The molecular formula is C55H92O24. The first kappa shape index (κ1) is 66.8. The van der Waals surface area contributed by atoms with Gasteiger partial charge in [0.1, 0.15) is 61.0 Å². The van der Waals surface area contributed by atoms with Gasteiger partial charge in [0.05, 0.1) is 49.5 Å². The first-order valence-corrected chi connectivity index (χ1v) is 28.6. The summed E-state index contributed by atoms with van der Waals surface area (Å²) in [7, 11) is 0. The van der Waals surface area contributed by atoms with Crippen LogP contribution in [0.3, 0.4) is 0 Å².